The summed E-state index contributed by atoms with van der Waals surface area (Å²) in [5, 5.41) is 2.94. The lowest BCUT2D eigenvalue weighted by atomic mass is 10.0. The fourth-order valence-electron chi connectivity index (χ4n) is 3.14. The number of carbonyl (C=O) groups is 1. The summed E-state index contributed by atoms with van der Waals surface area (Å²) in [5.41, 5.74) is 0.688. The Hall–Kier alpha value is -2.76. The van der Waals surface area contributed by atoms with Gasteiger partial charge in [0.25, 0.3) is 0 Å². The Labute approximate surface area is 148 Å². The number of pyridine rings is 1. The second-order valence-electron chi connectivity index (χ2n) is 6.15. The van der Waals surface area contributed by atoms with Crippen molar-refractivity contribution >= 4 is 17.5 Å². The number of benzene rings is 1. The molecular formula is C19H24N4O2. The van der Waals surface area contributed by atoms with Crippen LogP contribution in [0.5, 0.6) is 5.75 Å². The standard InChI is InChI=1S/C19H24N4O2/c1-22(19(24)21-16-7-3-4-8-17(16)25-2)15-10-13-23(14-11-15)18-9-5-6-12-20-18/h3-9,12,15H,10-11,13-14H2,1-2H3,(H,21,24). The molecule has 0 aliphatic carbocycles. The maximum Gasteiger partial charge on any atom is 0.321 e. The number of hydrogen-bond acceptors (Lipinski definition) is 4. The Balaban J connectivity index is 1.57. The van der Waals surface area contributed by atoms with E-state index in [2.05, 4.69) is 15.2 Å². The van der Waals surface area contributed by atoms with Crippen LogP contribution in [0.3, 0.4) is 0 Å². The van der Waals surface area contributed by atoms with Crippen LogP contribution in [0.25, 0.3) is 0 Å². The predicted molar refractivity (Wildman–Crippen MR) is 99.2 cm³/mol. The second-order valence-corrected chi connectivity index (χ2v) is 6.15. The first-order chi connectivity index (χ1) is 12.2. The number of anilines is 2. The maximum absolute atomic E-state index is 12.6. The van der Waals surface area contributed by atoms with Crippen molar-refractivity contribution < 1.29 is 9.53 Å². The van der Waals surface area contributed by atoms with E-state index < -0.39 is 0 Å². The van der Waals surface area contributed by atoms with Crippen molar-refractivity contribution in [2.45, 2.75) is 18.9 Å². The van der Waals surface area contributed by atoms with Crippen molar-refractivity contribution in [3.8, 4) is 5.75 Å². The van der Waals surface area contributed by atoms with Crippen molar-refractivity contribution in [1.82, 2.24) is 9.88 Å². The molecule has 1 aromatic heterocycles. The molecule has 1 N–H and O–H groups in total. The Kier molecular flexibility index (Phi) is 5.38. The van der Waals surface area contributed by atoms with E-state index in [1.165, 1.54) is 0 Å². The Morgan fingerprint density at radius 3 is 2.60 bits per heavy atom. The fraction of sp³-hybridized carbons (Fsp3) is 0.368. The van der Waals surface area contributed by atoms with Crippen molar-refractivity contribution in [1.29, 1.82) is 0 Å². The molecule has 25 heavy (non-hydrogen) atoms. The van der Waals surface area contributed by atoms with Crippen LogP contribution < -0.4 is 15.0 Å². The Bertz CT molecular complexity index is 700. The zero-order valence-electron chi connectivity index (χ0n) is 14.7. The van der Waals surface area contributed by atoms with Crippen LogP contribution in [-0.2, 0) is 0 Å². The lowest BCUT2D eigenvalue weighted by Crippen LogP contribution is -2.47. The summed E-state index contributed by atoms with van der Waals surface area (Å²) in [5.74, 6) is 1.66. The van der Waals surface area contributed by atoms with Gasteiger partial charge < -0.3 is 19.9 Å². The lowest BCUT2D eigenvalue weighted by Gasteiger charge is -2.37. The Morgan fingerprint density at radius 1 is 1.20 bits per heavy atom. The molecule has 0 spiro atoms. The maximum atomic E-state index is 12.6. The quantitative estimate of drug-likeness (QED) is 0.928. The number of carbonyl (C=O) groups excluding carboxylic acids is 1. The molecule has 6 heteroatoms. The number of nitrogens with one attached hydrogen (secondary N) is 1. The first-order valence-corrected chi connectivity index (χ1v) is 8.52. The van der Waals surface area contributed by atoms with Crippen LogP contribution in [0.1, 0.15) is 12.8 Å². The van der Waals surface area contributed by atoms with Gasteiger partial charge in [0, 0.05) is 32.4 Å². The third-order valence-electron chi connectivity index (χ3n) is 4.65. The van der Waals surface area contributed by atoms with Gasteiger partial charge in [-0.15, -0.1) is 0 Å². The third kappa shape index (κ3) is 4.02. The van der Waals surface area contributed by atoms with Crippen LogP contribution in [-0.4, -0.2) is 49.2 Å². The van der Waals surface area contributed by atoms with Gasteiger partial charge in [-0.05, 0) is 37.1 Å². The van der Waals surface area contributed by atoms with Crippen LogP contribution in [0, 0.1) is 0 Å². The molecule has 3 rings (SSSR count). The molecule has 2 amide bonds. The predicted octanol–water partition coefficient (Wildman–Crippen LogP) is 3.22. The van der Waals surface area contributed by atoms with Gasteiger partial charge in [0.15, 0.2) is 0 Å². The highest BCUT2D eigenvalue weighted by Gasteiger charge is 2.26. The van der Waals surface area contributed by atoms with Gasteiger partial charge in [-0.3, -0.25) is 0 Å². The number of urea groups is 1. The van der Waals surface area contributed by atoms with Gasteiger partial charge in [0.2, 0.25) is 0 Å². The van der Waals surface area contributed by atoms with Gasteiger partial charge in [0.05, 0.1) is 12.8 Å². The monoisotopic (exact) mass is 340 g/mol. The molecule has 0 unspecified atom stereocenters. The highest BCUT2D eigenvalue weighted by Crippen LogP contribution is 2.25. The molecule has 1 aromatic carbocycles. The molecule has 1 saturated heterocycles. The highest BCUT2D eigenvalue weighted by molar-refractivity contribution is 5.91. The molecule has 1 aliphatic heterocycles. The van der Waals surface area contributed by atoms with Crippen LogP contribution in [0.4, 0.5) is 16.3 Å². The van der Waals surface area contributed by atoms with Crippen molar-refractivity contribution in [3.05, 3.63) is 48.7 Å². The van der Waals surface area contributed by atoms with E-state index in [1.54, 1.807) is 12.0 Å². The summed E-state index contributed by atoms with van der Waals surface area (Å²) in [6.45, 7) is 1.79. The normalized spacial score (nSPS) is 14.9. The van der Waals surface area contributed by atoms with E-state index in [9.17, 15) is 4.79 Å². The number of amides is 2. The molecule has 0 saturated carbocycles. The smallest absolute Gasteiger partial charge is 0.321 e. The topological polar surface area (TPSA) is 57.7 Å². The molecule has 1 aliphatic rings. The van der Waals surface area contributed by atoms with E-state index in [1.807, 2.05) is 55.7 Å². The number of aromatic nitrogens is 1. The number of para-hydroxylation sites is 2. The van der Waals surface area contributed by atoms with Gasteiger partial charge in [0.1, 0.15) is 11.6 Å². The van der Waals surface area contributed by atoms with E-state index in [0.717, 1.165) is 31.7 Å². The number of hydrogen-bond donors (Lipinski definition) is 1. The molecular weight excluding hydrogens is 316 g/mol. The molecule has 0 bridgehead atoms. The van der Waals surface area contributed by atoms with E-state index in [-0.39, 0.29) is 12.1 Å². The third-order valence-corrected chi connectivity index (χ3v) is 4.65. The zero-order valence-corrected chi connectivity index (χ0v) is 14.7. The van der Waals surface area contributed by atoms with E-state index in [0.29, 0.717) is 11.4 Å². The molecule has 0 atom stereocenters. The van der Waals surface area contributed by atoms with Crippen molar-refractivity contribution in [2.24, 2.45) is 0 Å². The van der Waals surface area contributed by atoms with Gasteiger partial charge in [-0.1, -0.05) is 18.2 Å². The summed E-state index contributed by atoms with van der Waals surface area (Å²) < 4.78 is 5.29. The second kappa shape index (κ2) is 7.88. The molecule has 1 fully saturated rings. The lowest BCUT2D eigenvalue weighted by molar-refractivity contribution is 0.193. The van der Waals surface area contributed by atoms with Crippen LogP contribution in [0.15, 0.2) is 48.7 Å². The van der Waals surface area contributed by atoms with E-state index >= 15 is 0 Å². The minimum absolute atomic E-state index is 0.110. The summed E-state index contributed by atoms with van der Waals surface area (Å²) >= 11 is 0. The van der Waals surface area contributed by atoms with Gasteiger partial charge in [-0.25, -0.2) is 9.78 Å². The fourth-order valence-corrected chi connectivity index (χ4v) is 3.14. The number of methoxy groups -OCH3 is 1. The molecule has 2 heterocycles. The number of ether oxygens (including phenoxy) is 1. The molecule has 6 nitrogen and oxygen atoms in total. The summed E-state index contributed by atoms with van der Waals surface area (Å²) in [6, 6.07) is 13.5. The van der Waals surface area contributed by atoms with Crippen LogP contribution in [0.2, 0.25) is 0 Å². The average Bonchev–Trinajstić information content (AvgIpc) is 2.68. The minimum atomic E-state index is -0.110. The zero-order chi connectivity index (χ0) is 17.6. The van der Waals surface area contributed by atoms with E-state index in [4.69, 9.17) is 4.74 Å². The largest absolute Gasteiger partial charge is 0.495 e. The number of rotatable bonds is 4. The first-order valence-electron chi connectivity index (χ1n) is 8.52. The highest BCUT2D eigenvalue weighted by atomic mass is 16.5. The molecule has 132 valence electrons. The molecule has 2 aromatic rings. The number of piperidine rings is 1. The summed E-state index contributed by atoms with van der Waals surface area (Å²) in [7, 11) is 3.45. The van der Waals surface area contributed by atoms with Gasteiger partial charge >= 0.3 is 6.03 Å². The van der Waals surface area contributed by atoms with Crippen molar-refractivity contribution in [2.75, 3.05) is 37.5 Å². The summed E-state index contributed by atoms with van der Waals surface area (Å²) in [4.78, 5) is 21.0. The van der Waals surface area contributed by atoms with Crippen molar-refractivity contribution in [3.63, 3.8) is 0 Å². The summed E-state index contributed by atoms with van der Waals surface area (Å²) in [6.07, 6.45) is 3.66. The average molecular weight is 340 g/mol. The first kappa shape index (κ1) is 17.1. The van der Waals surface area contributed by atoms with Crippen LogP contribution >= 0.6 is 0 Å². The Morgan fingerprint density at radius 2 is 1.92 bits per heavy atom. The minimum Gasteiger partial charge on any atom is -0.495 e. The SMILES string of the molecule is COc1ccccc1NC(=O)N(C)C1CCN(c2ccccn2)CC1. The number of nitrogens with zero attached hydrogens (tertiary/aromatic N) is 3. The molecule has 0 radical (unpaired) electrons. The van der Waals surface area contributed by atoms with Gasteiger partial charge in [-0.2, -0.15) is 0 Å².